The summed E-state index contributed by atoms with van der Waals surface area (Å²) < 4.78 is 2.84. The Bertz CT molecular complexity index is 103. The van der Waals surface area contributed by atoms with E-state index in [0.29, 0.717) is 0 Å². The summed E-state index contributed by atoms with van der Waals surface area (Å²) in [6.07, 6.45) is 4.40. The first-order chi connectivity index (χ1) is 5.38. The zero-order chi connectivity index (χ0) is 8.10. The van der Waals surface area contributed by atoms with E-state index in [1.54, 1.807) is 0 Å². The zero-order valence-electron chi connectivity index (χ0n) is 7.84. The lowest BCUT2D eigenvalue weighted by Gasteiger charge is -2.36. The molecular formula is C5H20N2Si4. The summed E-state index contributed by atoms with van der Waals surface area (Å²) >= 11 is 0. The third kappa shape index (κ3) is 2.96. The maximum atomic E-state index is 2.84. The molecule has 0 aliphatic carbocycles. The largest absolute Gasteiger partial charge is 0.303 e. The zero-order valence-corrected chi connectivity index (χ0v) is 14.7. The van der Waals surface area contributed by atoms with E-state index < -0.39 is 0 Å². The number of hydrogen-bond acceptors (Lipinski definition) is 2. The van der Waals surface area contributed by atoms with Gasteiger partial charge < -0.3 is 4.34 Å². The van der Waals surface area contributed by atoms with Gasteiger partial charge in [-0.25, -0.2) is 0 Å². The van der Waals surface area contributed by atoms with Gasteiger partial charge in [-0.3, -0.25) is 5.01 Å². The van der Waals surface area contributed by atoms with Gasteiger partial charge in [0.2, 0.25) is 0 Å². The maximum absolute atomic E-state index is 2.84. The number of rotatable bonds is 3. The molecular weight excluding hydrogens is 200 g/mol. The fraction of sp³-hybridized carbons (Fsp3) is 1.00. The van der Waals surface area contributed by atoms with Crippen LogP contribution < -0.4 is 0 Å². The van der Waals surface area contributed by atoms with Gasteiger partial charge in [0.25, 0.3) is 0 Å². The van der Waals surface area contributed by atoms with Crippen LogP contribution in [0.25, 0.3) is 0 Å². The van der Waals surface area contributed by atoms with Gasteiger partial charge in [0.15, 0.2) is 0 Å². The summed E-state index contributed by atoms with van der Waals surface area (Å²) in [5.41, 5.74) is 0. The van der Waals surface area contributed by atoms with Crippen molar-refractivity contribution < 1.29 is 0 Å². The van der Waals surface area contributed by atoms with Crippen LogP contribution >= 0.6 is 0 Å². The van der Waals surface area contributed by atoms with Crippen molar-refractivity contribution in [1.29, 1.82) is 0 Å². The highest BCUT2D eigenvalue weighted by Crippen LogP contribution is 2.09. The molecule has 0 unspecified atom stereocenters. The third-order valence-corrected chi connectivity index (χ3v) is 17.2. The monoisotopic (exact) mass is 220 g/mol. The van der Waals surface area contributed by atoms with Crippen molar-refractivity contribution >= 4 is 37.9 Å². The molecule has 0 saturated carbocycles. The molecule has 0 radical (unpaired) electrons. The standard InChI is InChI=1S/C5H20N2Si4/c8-10-7(11-9)6-4-2-1-3-5-6/h1-5,10-11H2,8-9H3. The molecule has 2 nitrogen and oxygen atoms in total. The minimum Gasteiger partial charge on any atom is -0.303 e. The minimum atomic E-state index is 0.278. The maximum Gasteiger partial charge on any atom is 0.0844 e. The van der Waals surface area contributed by atoms with Gasteiger partial charge in [0.05, 0.1) is 18.4 Å². The number of hydrazine groups is 1. The molecule has 0 aromatic carbocycles. The SMILES string of the molecule is [SiH3][SiH2]N([SiH2][SiH3])N1CCCCC1. The predicted octanol–water partition coefficient (Wildman–Crippen LogP) is -3.58. The van der Waals surface area contributed by atoms with Gasteiger partial charge in [-0.15, -0.1) is 0 Å². The molecule has 1 aliphatic heterocycles. The minimum absolute atomic E-state index is 0.278. The van der Waals surface area contributed by atoms with Crippen LogP contribution in [0, 0.1) is 0 Å². The van der Waals surface area contributed by atoms with Gasteiger partial charge in [-0.2, -0.15) is 0 Å². The van der Waals surface area contributed by atoms with E-state index in [9.17, 15) is 0 Å². The fourth-order valence-electron chi connectivity index (χ4n) is 1.78. The number of piperidine rings is 1. The van der Waals surface area contributed by atoms with Crippen LogP contribution in [0.4, 0.5) is 0 Å². The third-order valence-electron chi connectivity index (χ3n) is 2.46. The van der Waals surface area contributed by atoms with Gasteiger partial charge in [0.1, 0.15) is 0 Å². The van der Waals surface area contributed by atoms with Crippen molar-refractivity contribution in [2.45, 2.75) is 19.3 Å². The van der Waals surface area contributed by atoms with Crippen molar-refractivity contribution in [3.05, 3.63) is 0 Å². The van der Waals surface area contributed by atoms with Crippen molar-refractivity contribution in [2.75, 3.05) is 13.1 Å². The van der Waals surface area contributed by atoms with Gasteiger partial charge in [-0.05, 0) is 12.8 Å². The second-order valence-electron chi connectivity index (χ2n) is 3.15. The average molecular weight is 221 g/mol. The second-order valence-corrected chi connectivity index (χ2v) is 10.6. The Morgan fingerprint density at radius 1 is 1.00 bits per heavy atom. The van der Waals surface area contributed by atoms with Crippen LogP contribution in [0.3, 0.4) is 0 Å². The molecule has 1 saturated heterocycles. The lowest BCUT2D eigenvalue weighted by molar-refractivity contribution is 0.109. The van der Waals surface area contributed by atoms with E-state index in [1.807, 2.05) is 0 Å². The molecule has 6 heteroatoms. The normalized spacial score (nSPS) is 23.7. The Morgan fingerprint density at radius 2 is 1.55 bits per heavy atom. The van der Waals surface area contributed by atoms with Gasteiger partial charge in [-0.1, -0.05) is 6.42 Å². The Hall–Kier alpha value is 0.788. The highest BCUT2D eigenvalue weighted by molar-refractivity contribution is 6.98. The molecule has 0 aromatic rings. The Morgan fingerprint density at radius 3 is 2.00 bits per heavy atom. The summed E-state index contributed by atoms with van der Waals surface area (Å²) in [4.78, 5) is 0. The van der Waals surface area contributed by atoms with Crippen molar-refractivity contribution in [2.24, 2.45) is 0 Å². The molecule has 1 heterocycles. The summed E-state index contributed by atoms with van der Waals surface area (Å²) in [5.74, 6) is 0. The van der Waals surface area contributed by atoms with Crippen LogP contribution in [0.15, 0.2) is 0 Å². The highest BCUT2D eigenvalue weighted by Gasteiger charge is 2.13. The van der Waals surface area contributed by atoms with Gasteiger partial charge in [0, 0.05) is 32.6 Å². The summed E-state index contributed by atoms with van der Waals surface area (Å²) in [6, 6.07) is 0. The summed E-state index contributed by atoms with van der Waals surface area (Å²) in [7, 11) is 3.55. The van der Waals surface area contributed by atoms with E-state index in [0.717, 1.165) is 0 Å². The molecule has 11 heavy (non-hydrogen) atoms. The predicted molar refractivity (Wildman–Crippen MR) is 64.2 cm³/mol. The molecule has 1 aliphatic rings. The Kier molecular flexibility index (Phi) is 4.88. The molecule has 0 spiro atoms. The molecule has 0 amide bonds. The average Bonchev–Trinajstić information content (AvgIpc) is 2.09. The Labute approximate surface area is 79.9 Å². The van der Waals surface area contributed by atoms with Crippen molar-refractivity contribution in [1.82, 2.24) is 9.35 Å². The smallest absolute Gasteiger partial charge is 0.0844 e. The molecule has 1 fully saturated rings. The van der Waals surface area contributed by atoms with E-state index in [2.05, 4.69) is 9.35 Å². The molecule has 66 valence electrons. The first-order valence-corrected chi connectivity index (χ1v) is 17.5. The molecule has 0 N–H and O–H groups in total. The summed E-state index contributed by atoms with van der Waals surface area (Å²) in [6.45, 7) is 2.79. The fourth-order valence-corrected chi connectivity index (χ4v) is 23.4. The van der Waals surface area contributed by atoms with E-state index >= 15 is 0 Å². The second kappa shape index (κ2) is 5.44. The van der Waals surface area contributed by atoms with Crippen LogP contribution in [-0.2, 0) is 0 Å². The van der Waals surface area contributed by atoms with Crippen molar-refractivity contribution in [3.63, 3.8) is 0 Å². The molecule has 0 bridgehead atoms. The van der Waals surface area contributed by atoms with Crippen LogP contribution in [0.5, 0.6) is 0 Å². The lowest BCUT2D eigenvalue weighted by Crippen LogP contribution is -2.49. The van der Waals surface area contributed by atoms with E-state index in [-0.39, 0.29) is 18.4 Å². The molecule has 0 aromatic heterocycles. The van der Waals surface area contributed by atoms with Crippen LogP contribution in [-0.4, -0.2) is 60.4 Å². The molecule has 1 rings (SSSR count). The highest BCUT2D eigenvalue weighted by atomic mass is 29.2. The number of nitrogens with zero attached hydrogens (tertiary/aromatic N) is 2. The van der Waals surface area contributed by atoms with Crippen LogP contribution in [0.2, 0.25) is 0 Å². The van der Waals surface area contributed by atoms with E-state index in [1.165, 1.54) is 51.9 Å². The quantitative estimate of drug-likeness (QED) is 0.454. The first kappa shape index (κ1) is 9.87. The summed E-state index contributed by atoms with van der Waals surface area (Å²) in [5, 5.41) is 2.70. The number of hydrogen-bond donors (Lipinski definition) is 0. The van der Waals surface area contributed by atoms with Crippen LogP contribution in [0.1, 0.15) is 19.3 Å². The topological polar surface area (TPSA) is 6.48 Å². The first-order valence-electron chi connectivity index (χ1n) is 4.88. The lowest BCUT2D eigenvalue weighted by atomic mass is 10.2. The Balaban J connectivity index is 2.30. The molecule has 0 atom stereocenters. The van der Waals surface area contributed by atoms with E-state index in [4.69, 9.17) is 0 Å². The van der Waals surface area contributed by atoms with Crippen molar-refractivity contribution in [3.8, 4) is 0 Å². The van der Waals surface area contributed by atoms with Gasteiger partial charge >= 0.3 is 0 Å².